The average molecular weight is 423 g/mol. The quantitative estimate of drug-likeness (QED) is 0.592. The van der Waals surface area contributed by atoms with E-state index in [1.165, 1.54) is 0 Å². The van der Waals surface area contributed by atoms with Crippen molar-refractivity contribution in [1.29, 1.82) is 0 Å². The molecule has 2 heterocycles. The summed E-state index contributed by atoms with van der Waals surface area (Å²) in [5.74, 6) is 0.825. The zero-order valence-corrected chi connectivity index (χ0v) is 17.7. The zero-order valence-electron chi connectivity index (χ0n) is 16.8. The van der Waals surface area contributed by atoms with Gasteiger partial charge in [0.2, 0.25) is 0 Å². The van der Waals surface area contributed by atoms with Gasteiger partial charge in [-0.1, -0.05) is 36.9 Å². The monoisotopic (exact) mass is 422 g/mol. The van der Waals surface area contributed by atoms with Gasteiger partial charge in [0.15, 0.2) is 9.84 Å². The summed E-state index contributed by atoms with van der Waals surface area (Å²) in [6, 6.07) is 15.3. The number of aromatic nitrogens is 1. The number of pyridine rings is 1. The highest BCUT2D eigenvalue weighted by Crippen LogP contribution is 2.31. The van der Waals surface area contributed by atoms with E-state index in [0.717, 1.165) is 46.5 Å². The Balaban J connectivity index is 1.78. The van der Waals surface area contributed by atoms with Crippen LogP contribution in [0.5, 0.6) is 0 Å². The first-order chi connectivity index (χ1) is 14.5. The fraction of sp³-hybridized carbons (Fsp3) is 0.261. The summed E-state index contributed by atoms with van der Waals surface area (Å²) in [6.07, 6.45) is 2.67. The molecule has 4 rings (SSSR count). The first kappa shape index (κ1) is 20.4. The third-order valence-corrected chi connectivity index (χ3v) is 7.16. The van der Waals surface area contributed by atoms with Gasteiger partial charge in [0.05, 0.1) is 16.2 Å². The highest BCUT2D eigenvalue weighted by Gasteiger charge is 2.26. The largest absolute Gasteiger partial charge is 0.384 e. The number of hydrogen-bond acceptors (Lipinski definition) is 6. The first-order valence-electron chi connectivity index (χ1n) is 10.1. The van der Waals surface area contributed by atoms with E-state index in [-0.39, 0.29) is 5.75 Å². The minimum Gasteiger partial charge on any atom is -0.384 e. The van der Waals surface area contributed by atoms with E-state index in [2.05, 4.69) is 18.0 Å². The summed E-state index contributed by atoms with van der Waals surface area (Å²) in [5, 5.41) is 4.48. The van der Waals surface area contributed by atoms with Crippen LogP contribution in [0.1, 0.15) is 17.5 Å². The van der Waals surface area contributed by atoms with Gasteiger partial charge in [-0.05, 0) is 42.3 Å². The van der Waals surface area contributed by atoms with Crippen LogP contribution in [0.15, 0.2) is 60.0 Å². The summed E-state index contributed by atoms with van der Waals surface area (Å²) in [6.45, 7) is 6.12. The number of rotatable bonds is 6. The molecule has 1 aromatic heterocycles. The summed E-state index contributed by atoms with van der Waals surface area (Å²) in [5.41, 5.74) is 9.30. The molecule has 6 nitrogen and oxygen atoms in total. The van der Waals surface area contributed by atoms with Gasteiger partial charge in [0.25, 0.3) is 0 Å². The minimum atomic E-state index is -3.31. The van der Waals surface area contributed by atoms with Crippen LogP contribution in [0.25, 0.3) is 17.0 Å². The van der Waals surface area contributed by atoms with E-state index in [0.29, 0.717) is 24.5 Å². The van der Waals surface area contributed by atoms with Crippen molar-refractivity contribution >= 4 is 38.3 Å². The van der Waals surface area contributed by atoms with Crippen molar-refractivity contribution in [3.63, 3.8) is 0 Å². The van der Waals surface area contributed by atoms with Crippen LogP contribution < -0.4 is 16.0 Å². The molecule has 0 saturated heterocycles. The normalized spacial score (nSPS) is 15.4. The molecule has 3 N–H and O–H groups in total. The van der Waals surface area contributed by atoms with Crippen molar-refractivity contribution in [1.82, 2.24) is 4.98 Å². The molecule has 0 radical (unpaired) electrons. The molecule has 0 aliphatic carbocycles. The third-order valence-electron chi connectivity index (χ3n) is 5.37. The van der Waals surface area contributed by atoms with Crippen LogP contribution in [-0.2, 0) is 16.4 Å². The lowest BCUT2D eigenvalue weighted by atomic mass is 10.1. The van der Waals surface area contributed by atoms with Crippen molar-refractivity contribution in [3.05, 3.63) is 66.2 Å². The van der Waals surface area contributed by atoms with Gasteiger partial charge < -0.3 is 16.0 Å². The molecule has 1 aliphatic heterocycles. The molecule has 0 unspecified atom stereocenters. The lowest BCUT2D eigenvalue weighted by Gasteiger charge is -2.23. The molecule has 156 valence electrons. The Morgan fingerprint density at radius 1 is 1.20 bits per heavy atom. The van der Waals surface area contributed by atoms with Gasteiger partial charge >= 0.3 is 0 Å². The summed E-state index contributed by atoms with van der Waals surface area (Å²) in [7, 11) is -3.31. The Labute approximate surface area is 177 Å². The number of hydrogen-bond donors (Lipinski definition) is 2. The lowest BCUT2D eigenvalue weighted by molar-refractivity contribution is 0.596. The van der Waals surface area contributed by atoms with Gasteiger partial charge in [-0.15, -0.1) is 0 Å². The Kier molecular flexibility index (Phi) is 5.74. The molecule has 0 saturated carbocycles. The van der Waals surface area contributed by atoms with Crippen molar-refractivity contribution in [2.45, 2.75) is 17.9 Å². The van der Waals surface area contributed by atoms with E-state index in [4.69, 9.17) is 10.7 Å². The maximum atomic E-state index is 12.7. The van der Waals surface area contributed by atoms with Gasteiger partial charge in [0, 0.05) is 36.8 Å². The molecular weight excluding hydrogens is 396 g/mol. The molecule has 0 spiro atoms. The SMILES string of the molecule is C=Cc1ccc2nc(N3CCS(=O)(=O)c4ccccc4C3)cc(NCCCN)c2c1. The minimum absolute atomic E-state index is 0.0646. The maximum Gasteiger partial charge on any atom is 0.180 e. The lowest BCUT2D eigenvalue weighted by Crippen LogP contribution is -2.26. The van der Waals surface area contributed by atoms with E-state index in [9.17, 15) is 8.42 Å². The number of benzene rings is 2. The smallest absolute Gasteiger partial charge is 0.180 e. The molecule has 0 amide bonds. The Morgan fingerprint density at radius 2 is 2.03 bits per heavy atom. The number of nitrogens with two attached hydrogens (primary N) is 1. The second kappa shape index (κ2) is 8.45. The molecule has 0 fully saturated rings. The van der Waals surface area contributed by atoms with Crippen LogP contribution in [0.3, 0.4) is 0 Å². The van der Waals surface area contributed by atoms with E-state index in [1.54, 1.807) is 12.1 Å². The van der Waals surface area contributed by atoms with Crippen molar-refractivity contribution in [3.8, 4) is 0 Å². The van der Waals surface area contributed by atoms with Crippen molar-refractivity contribution in [2.24, 2.45) is 5.73 Å². The van der Waals surface area contributed by atoms with Gasteiger partial charge in [-0.25, -0.2) is 13.4 Å². The zero-order chi connectivity index (χ0) is 21.1. The van der Waals surface area contributed by atoms with Crippen LogP contribution in [0.4, 0.5) is 11.5 Å². The van der Waals surface area contributed by atoms with Crippen molar-refractivity contribution in [2.75, 3.05) is 35.6 Å². The summed E-state index contributed by atoms with van der Waals surface area (Å²) >= 11 is 0. The Hall–Kier alpha value is -2.90. The predicted octanol–water partition coefficient (Wildman–Crippen LogP) is 3.43. The molecule has 1 aliphatic rings. The van der Waals surface area contributed by atoms with Gasteiger partial charge in [-0.2, -0.15) is 0 Å². The summed E-state index contributed by atoms with van der Waals surface area (Å²) in [4.78, 5) is 7.32. The number of anilines is 2. The highest BCUT2D eigenvalue weighted by molar-refractivity contribution is 7.91. The molecule has 0 atom stereocenters. The fourth-order valence-corrected chi connectivity index (χ4v) is 5.25. The molecule has 30 heavy (non-hydrogen) atoms. The number of fused-ring (bicyclic) bond motifs is 2. The average Bonchev–Trinajstić information content (AvgIpc) is 2.89. The number of nitrogens with one attached hydrogen (secondary N) is 1. The topological polar surface area (TPSA) is 88.3 Å². The maximum absolute atomic E-state index is 12.7. The highest BCUT2D eigenvalue weighted by atomic mass is 32.2. The summed E-state index contributed by atoms with van der Waals surface area (Å²) < 4.78 is 25.4. The fourth-order valence-electron chi connectivity index (χ4n) is 3.75. The van der Waals surface area contributed by atoms with Crippen LogP contribution >= 0.6 is 0 Å². The molecule has 2 aromatic carbocycles. The second-order valence-electron chi connectivity index (χ2n) is 7.43. The number of sulfone groups is 1. The van der Waals surface area contributed by atoms with Crippen molar-refractivity contribution < 1.29 is 8.42 Å². The molecule has 0 bridgehead atoms. The van der Waals surface area contributed by atoms with E-state index >= 15 is 0 Å². The number of nitrogens with zero attached hydrogens (tertiary/aromatic N) is 2. The van der Waals surface area contributed by atoms with Gasteiger partial charge in [0.1, 0.15) is 5.82 Å². The predicted molar refractivity (Wildman–Crippen MR) is 124 cm³/mol. The Bertz CT molecular complexity index is 1190. The second-order valence-corrected chi connectivity index (χ2v) is 9.50. The third kappa shape index (κ3) is 4.04. The van der Waals surface area contributed by atoms with Gasteiger partial charge in [-0.3, -0.25) is 0 Å². The molecule has 3 aromatic rings. The standard InChI is InChI=1S/C23H26N4O2S/c1-2-17-8-9-20-19(14-17)21(25-11-5-10-24)15-23(26-20)27-12-13-30(28,29)22-7-4-3-6-18(22)16-27/h2-4,6-9,14-15H,1,5,10-13,16,24H2,(H,25,26). The molecular formula is C23H26N4O2S. The first-order valence-corrected chi connectivity index (χ1v) is 11.7. The Morgan fingerprint density at radius 3 is 2.83 bits per heavy atom. The van der Waals surface area contributed by atoms with E-state index in [1.807, 2.05) is 41.3 Å². The van der Waals surface area contributed by atoms with E-state index < -0.39 is 9.84 Å². The van der Waals surface area contributed by atoms with Crippen LogP contribution in [-0.4, -0.2) is 38.8 Å². The van der Waals surface area contributed by atoms with Crippen LogP contribution in [0, 0.1) is 0 Å². The van der Waals surface area contributed by atoms with Crippen LogP contribution in [0.2, 0.25) is 0 Å². The molecule has 7 heteroatoms.